The number of rotatable bonds is 3. The van der Waals surface area contributed by atoms with E-state index in [2.05, 4.69) is 9.68 Å². The molecule has 1 aliphatic rings. The van der Waals surface area contributed by atoms with Gasteiger partial charge in [-0.3, -0.25) is 14.5 Å². The van der Waals surface area contributed by atoms with Crippen molar-refractivity contribution in [3.63, 3.8) is 0 Å². The molecule has 0 radical (unpaired) electrons. The first-order chi connectivity index (χ1) is 8.08. The van der Waals surface area contributed by atoms with Gasteiger partial charge < -0.3 is 9.63 Å². The molecule has 1 aromatic heterocycles. The van der Waals surface area contributed by atoms with Crippen molar-refractivity contribution >= 4 is 46.3 Å². The molecule has 2 rings (SSSR count). The summed E-state index contributed by atoms with van der Waals surface area (Å²) in [6.45, 7) is -0.430. The molecular formula is C9H6N2O4S2. The molecule has 2 heterocycles. The van der Waals surface area contributed by atoms with Crippen LogP contribution in [0.1, 0.15) is 5.69 Å². The summed E-state index contributed by atoms with van der Waals surface area (Å²) in [5, 5.41) is 12.3. The van der Waals surface area contributed by atoms with Crippen molar-refractivity contribution < 1.29 is 19.2 Å². The second-order valence-corrected chi connectivity index (χ2v) is 4.76. The molecule has 0 atom stereocenters. The SMILES string of the molecule is O=C(O)CN1C(=O)C(=Cc2ccon2)SC1=S. The predicted octanol–water partition coefficient (Wildman–Crippen LogP) is 0.960. The molecule has 1 saturated heterocycles. The maximum atomic E-state index is 11.8. The van der Waals surface area contributed by atoms with Gasteiger partial charge in [-0.1, -0.05) is 29.1 Å². The fourth-order valence-corrected chi connectivity index (χ4v) is 2.44. The number of carbonyl (C=O) groups is 2. The Morgan fingerprint density at radius 3 is 3.06 bits per heavy atom. The molecule has 1 amide bonds. The molecule has 88 valence electrons. The van der Waals surface area contributed by atoms with Gasteiger partial charge in [0.25, 0.3) is 5.91 Å². The summed E-state index contributed by atoms with van der Waals surface area (Å²) in [6, 6.07) is 1.59. The van der Waals surface area contributed by atoms with Crippen molar-refractivity contribution in [1.29, 1.82) is 0 Å². The first kappa shape index (κ1) is 11.8. The summed E-state index contributed by atoms with van der Waals surface area (Å²) in [7, 11) is 0. The van der Waals surface area contributed by atoms with E-state index in [1.165, 1.54) is 12.3 Å². The van der Waals surface area contributed by atoms with E-state index in [0.29, 0.717) is 10.6 Å². The normalized spacial score (nSPS) is 18.1. The minimum atomic E-state index is -1.11. The van der Waals surface area contributed by atoms with Gasteiger partial charge in [0.1, 0.15) is 22.8 Å². The number of carboxylic acids is 1. The highest BCUT2D eigenvalue weighted by atomic mass is 32.2. The Morgan fingerprint density at radius 2 is 2.47 bits per heavy atom. The maximum Gasteiger partial charge on any atom is 0.323 e. The first-order valence-corrected chi connectivity index (χ1v) is 5.68. The molecular weight excluding hydrogens is 264 g/mol. The third-order valence-electron chi connectivity index (χ3n) is 1.90. The van der Waals surface area contributed by atoms with Crippen LogP contribution in [0.5, 0.6) is 0 Å². The van der Waals surface area contributed by atoms with Crippen LogP contribution in [0, 0.1) is 0 Å². The molecule has 0 bridgehead atoms. The van der Waals surface area contributed by atoms with Gasteiger partial charge in [0, 0.05) is 6.07 Å². The number of carbonyl (C=O) groups excluding carboxylic acids is 1. The van der Waals surface area contributed by atoms with E-state index in [9.17, 15) is 9.59 Å². The van der Waals surface area contributed by atoms with E-state index in [0.717, 1.165) is 16.7 Å². The first-order valence-electron chi connectivity index (χ1n) is 4.45. The number of hydrogen-bond acceptors (Lipinski definition) is 6. The fraction of sp³-hybridized carbons (Fsp3) is 0.111. The largest absolute Gasteiger partial charge is 0.480 e. The van der Waals surface area contributed by atoms with Crippen molar-refractivity contribution in [1.82, 2.24) is 10.1 Å². The predicted molar refractivity (Wildman–Crippen MR) is 64.0 cm³/mol. The van der Waals surface area contributed by atoms with Crippen LogP contribution in [0.4, 0.5) is 0 Å². The highest BCUT2D eigenvalue weighted by Gasteiger charge is 2.33. The summed E-state index contributed by atoms with van der Waals surface area (Å²) < 4.78 is 4.85. The third-order valence-corrected chi connectivity index (χ3v) is 3.28. The zero-order chi connectivity index (χ0) is 12.4. The molecule has 1 fully saturated rings. The van der Waals surface area contributed by atoms with Crippen molar-refractivity contribution in [2.24, 2.45) is 0 Å². The van der Waals surface area contributed by atoms with Gasteiger partial charge in [-0.15, -0.1) is 0 Å². The van der Waals surface area contributed by atoms with Gasteiger partial charge >= 0.3 is 5.97 Å². The second-order valence-electron chi connectivity index (χ2n) is 3.09. The van der Waals surface area contributed by atoms with Crippen molar-refractivity contribution in [3.05, 3.63) is 22.9 Å². The molecule has 0 aromatic carbocycles. The average molecular weight is 270 g/mol. The lowest BCUT2D eigenvalue weighted by molar-refractivity contribution is -0.140. The van der Waals surface area contributed by atoms with E-state index >= 15 is 0 Å². The van der Waals surface area contributed by atoms with Crippen LogP contribution in [0.15, 0.2) is 21.8 Å². The van der Waals surface area contributed by atoms with E-state index in [1.807, 2.05) is 0 Å². The molecule has 0 saturated carbocycles. The van der Waals surface area contributed by atoms with Crippen molar-refractivity contribution in [3.8, 4) is 0 Å². The third kappa shape index (κ3) is 2.53. The lowest BCUT2D eigenvalue weighted by Crippen LogP contribution is -2.33. The quantitative estimate of drug-likeness (QED) is 0.647. The Kier molecular flexibility index (Phi) is 3.25. The van der Waals surface area contributed by atoms with Gasteiger partial charge in [0.05, 0.1) is 4.91 Å². The van der Waals surface area contributed by atoms with Gasteiger partial charge in [-0.2, -0.15) is 0 Å². The number of aliphatic carboxylic acids is 1. The Balaban J connectivity index is 2.21. The number of carboxylic acid groups (broad SMARTS) is 1. The summed E-state index contributed by atoms with van der Waals surface area (Å²) in [4.78, 5) is 23.7. The monoisotopic (exact) mass is 270 g/mol. The summed E-state index contributed by atoms with van der Waals surface area (Å²) in [5.74, 6) is -1.53. The van der Waals surface area contributed by atoms with Crippen LogP contribution in [-0.4, -0.2) is 37.9 Å². The smallest absolute Gasteiger partial charge is 0.323 e. The Hall–Kier alpha value is -1.67. The lowest BCUT2D eigenvalue weighted by Gasteiger charge is -2.09. The average Bonchev–Trinajstić information content (AvgIpc) is 2.83. The van der Waals surface area contributed by atoms with Crippen LogP contribution in [-0.2, 0) is 9.59 Å². The second kappa shape index (κ2) is 4.68. The molecule has 8 heteroatoms. The molecule has 17 heavy (non-hydrogen) atoms. The zero-order valence-corrected chi connectivity index (χ0v) is 9.96. The van der Waals surface area contributed by atoms with Crippen LogP contribution >= 0.6 is 24.0 Å². The lowest BCUT2D eigenvalue weighted by atomic mass is 10.3. The van der Waals surface area contributed by atoms with Gasteiger partial charge in [-0.25, -0.2) is 0 Å². The molecule has 0 aliphatic carbocycles. The number of nitrogens with zero attached hydrogens (tertiary/aromatic N) is 2. The summed E-state index contributed by atoms with van der Waals surface area (Å²) >= 11 is 5.97. The van der Waals surface area contributed by atoms with E-state index < -0.39 is 18.4 Å². The zero-order valence-electron chi connectivity index (χ0n) is 8.32. The molecule has 6 nitrogen and oxygen atoms in total. The molecule has 0 spiro atoms. The number of amides is 1. The number of thiocarbonyl (C=S) groups is 1. The van der Waals surface area contributed by atoms with E-state index in [1.54, 1.807) is 6.07 Å². The highest BCUT2D eigenvalue weighted by molar-refractivity contribution is 8.26. The Labute approximate surface area is 105 Å². The van der Waals surface area contributed by atoms with Crippen LogP contribution in [0.3, 0.4) is 0 Å². The van der Waals surface area contributed by atoms with Gasteiger partial charge in [0.15, 0.2) is 0 Å². The molecule has 1 aromatic rings. The number of thioether (sulfide) groups is 1. The summed E-state index contributed by atoms with van der Waals surface area (Å²) in [6.07, 6.45) is 2.88. The van der Waals surface area contributed by atoms with Crippen molar-refractivity contribution in [2.45, 2.75) is 0 Å². The van der Waals surface area contributed by atoms with Gasteiger partial charge in [0.2, 0.25) is 0 Å². The Morgan fingerprint density at radius 1 is 1.71 bits per heavy atom. The molecule has 0 unspecified atom stereocenters. The van der Waals surface area contributed by atoms with Crippen LogP contribution < -0.4 is 0 Å². The molecule has 1 N–H and O–H groups in total. The number of hydrogen-bond donors (Lipinski definition) is 1. The van der Waals surface area contributed by atoms with E-state index in [4.69, 9.17) is 17.3 Å². The van der Waals surface area contributed by atoms with Gasteiger partial charge in [-0.05, 0) is 6.08 Å². The number of aromatic nitrogens is 1. The minimum Gasteiger partial charge on any atom is -0.480 e. The highest BCUT2D eigenvalue weighted by Crippen LogP contribution is 2.31. The van der Waals surface area contributed by atoms with E-state index in [-0.39, 0.29) is 4.32 Å². The van der Waals surface area contributed by atoms with Crippen molar-refractivity contribution in [2.75, 3.05) is 6.54 Å². The molecule has 1 aliphatic heterocycles. The maximum absolute atomic E-state index is 11.8. The minimum absolute atomic E-state index is 0.229. The standard InChI is InChI=1S/C9H6N2O4S2/c12-7(13)4-11-8(14)6(17-9(11)16)3-5-1-2-15-10-5/h1-3H,4H2,(H,12,13). The van der Waals surface area contributed by atoms with Crippen LogP contribution in [0.25, 0.3) is 6.08 Å². The topological polar surface area (TPSA) is 83.6 Å². The fourth-order valence-electron chi connectivity index (χ4n) is 1.20. The Bertz CT molecular complexity index is 509. The van der Waals surface area contributed by atoms with Crippen LogP contribution in [0.2, 0.25) is 0 Å². The summed E-state index contributed by atoms with van der Waals surface area (Å²) in [5.41, 5.74) is 0.487.